The van der Waals surface area contributed by atoms with Crippen LogP contribution in [0.5, 0.6) is 0 Å². The number of aryl methyl sites for hydroxylation is 1. The van der Waals surface area contributed by atoms with Crippen molar-refractivity contribution in [2.45, 2.75) is 51.2 Å². The number of halogens is 1. The molecule has 2 unspecified atom stereocenters. The molecule has 4 nitrogen and oxygen atoms in total. The Labute approximate surface area is 106 Å². The van der Waals surface area contributed by atoms with Crippen LogP contribution in [0.1, 0.15) is 44.5 Å². The van der Waals surface area contributed by atoms with Crippen LogP contribution in [0, 0.1) is 5.92 Å². The van der Waals surface area contributed by atoms with Crippen LogP contribution in [0.3, 0.4) is 0 Å². The largest absolute Gasteiger partial charge is 0.376 e. The van der Waals surface area contributed by atoms with E-state index in [0.717, 1.165) is 37.6 Å². The molecule has 0 amide bonds. The molecule has 3 rings (SSSR count). The van der Waals surface area contributed by atoms with Crippen LogP contribution < -0.4 is 0 Å². The molecule has 2 fully saturated rings. The number of hydrogen-bond donors (Lipinski definition) is 0. The first-order valence-corrected chi connectivity index (χ1v) is 6.90. The molecule has 5 heteroatoms. The SMILES string of the molecule is CCCc1nnc(Cl)n1C1CCOC1C1CC1. The Balaban J connectivity index is 1.88. The summed E-state index contributed by atoms with van der Waals surface area (Å²) in [5.41, 5.74) is 0. The van der Waals surface area contributed by atoms with Crippen LogP contribution in [0.15, 0.2) is 0 Å². The first kappa shape index (κ1) is 11.5. The number of aromatic nitrogens is 3. The monoisotopic (exact) mass is 255 g/mol. The lowest BCUT2D eigenvalue weighted by atomic mass is 10.1. The van der Waals surface area contributed by atoms with Gasteiger partial charge in [-0.2, -0.15) is 0 Å². The summed E-state index contributed by atoms with van der Waals surface area (Å²) in [6, 6.07) is 0.353. The molecule has 0 N–H and O–H groups in total. The topological polar surface area (TPSA) is 39.9 Å². The highest BCUT2D eigenvalue weighted by molar-refractivity contribution is 6.28. The van der Waals surface area contributed by atoms with Gasteiger partial charge in [-0.1, -0.05) is 6.92 Å². The maximum atomic E-state index is 6.18. The molecule has 17 heavy (non-hydrogen) atoms. The van der Waals surface area contributed by atoms with Gasteiger partial charge in [0, 0.05) is 13.0 Å². The molecule has 0 radical (unpaired) electrons. The number of rotatable bonds is 4. The van der Waals surface area contributed by atoms with Gasteiger partial charge in [0.2, 0.25) is 5.28 Å². The van der Waals surface area contributed by atoms with E-state index in [1.54, 1.807) is 0 Å². The fraction of sp³-hybridized carbons (Fsp3) is 0.833. The van der Waals surface area contributed by atoms with Gasteiger partial charge in [0.25, 0.3) is 0 Å². The van der Waals surface area contributed by atoms with Crippen molar-refractivity contribution in [3.05, 3.63) is 11.1 Å². The second-order valence-corrected chi connectivity index (χ2v) is 5.37. The molecule has 2 heterocycles. The number of nitrogens with zero attached hydrogens (tertiary/aromatic N) is 3. The normalized spacial score (nSPS) is 28.8. The van der Waals surface area contributed by atoms with Crippen molar-refractivity contribution in [3.63, 3.8) is 0 Å². The average molecular weight is 256 g/mol. The Kier molecular flexibility index (Phi) is 3.09. The summed E-state index contributed by atoms with van der Waals surface area (Å²) in [5.74, 6) is 1.74. The highest BCUT2D eigenvalue weighted by Crippen LogP contribution is 2.44. The molecule has 1 saturated heterocycles. The van der Waals surface area contributed by atoms with E-state index in [1.165, 1.54) is 12.8 Å². The highest BCUT2D eigenvalue weighted by Gasteiger charge is 2.42. The van der Waals surface area contributed by atoms with Crippen molar-refractivity contribution in [2.75, 3.05) is 6.61 Å². The third-order valence-electron chi connectivity index (χ3n) is 3.72. The van der Waals surface area contributed by atoms with Crippen LogP contribution in [0.4, 0.5) is 0 Å². The Morgan fingerprint density at radius 1 is 1.35 bits per heavy atom. The predicted molar refractivity (Wildman–Crippen MR) is 65.1 cm³/mol. The minimum absolute atomic E-state index is 0.333. The van der Waals surface area contributed by atoms with Crippen molar-refractivity contribution >= 4 is 11.6 Å². The van der Waals surface area contributed by atoms with Crippen LogP contribution in [-0.2, 0) is 11.2 Å². The first-order chi connectivity index (χ1) is 8.31. The molecular weight excluding hydrogens is 238 g/mol. The number of ether oxygens (including phenoxy) is 1. The second kappa shape index (κ2) is 4.58. The summed E-state index contributed by atoms with van der Waals surface area (Å²) in [4.78, 5) is 0. The van der Waals surface area contributed by atoms with E-state index < -0.39 is 0 Å². The molecular formula is C12H18ClN3O. The van der Waals surface area contributed by atoms with Gasteiger partial charge in [-0.05, 0) is 43.2 Å². The molecule has 1 saturated carbocycles. The highest BCUT2D eigenvalue weighted by atomic mass is 35.5. The maximum absolute atomic E-state index is 6.18. The molecule has 1 aliphatic heterocycles. The molecule has 2 atom stereocenters. The van der Waals surface area contributed by atoms with E-state index in [9.17, 15) is 0 Å². The zero-order valence-electron chi connectivity index (χ0n) is 10.1. The Morgan fingerprint density at radius 2 is 2.18 bits per heavy atom. The summed E-state index contributed by atoms with van der Waals surface area (Å²) in [7, 11) is 0. The van der Waals surface area contributed by atoms with E-state index >= 15 is 0 Å². The quantitative estimate of drug-likeness (QED) is 0.830. The van der Waals surface area contributed by atoms with E-state index in [2.05, 4.69) is 21.7 Å². The lowest BCUT2D eigenvalue weighted by Gasteiger charge is -2.21. The molecule has 1 aromatic rings. The molecule has 1 aliphatic carbocycles. The lowest BCUT2D eigenvalue weighted by molar-refractivity contribution is 0.0745. The standard InChI is InChI=1S/C12H18ClN3O/c1-2-3-10-14-15-12(13)16(10)9-6-7-17-11(9)8-4-5-8/h8-9,11H,2-7H2,1H3. The van der Waals surface area contributed by atoms with E-state index in [4.69, 9.17) is 16.3 Å². The minimum atomic E-state index is 0.333. The van der Waals surface area contributed by atoms with Gasteiger partial charge >= 0.3 is 0 Å². The van der Waals surface area contributed by atoms with Crippen LogP contribution in [0.25, 0.3) is 0 Å². The van der Waals surface area contributed by atoms with Gasteiger partial charge in [-0.15, -0.1) is 10.2 Å². The summed E-state index contributed by atoms with van der Waals surface area (Å²) >= 11 is 6.18. The Morgan fingerprint density at radius 3 is 2.88 bits per heavy atom. The number of hydrogen-bond acceptors (Lipinski definition) is 3. The van der Waals surface area contributed by atoms with Crippen LogP contribution in [-0.4, -0.2) is 27.5 Å². The molecule has 94 valence electrons. The zero-order chi connectivity index (χ0) is 11.8. The van der Waals surface area contributed by atoms with Gasteiger partial charge in [0.15, 0.2) is 0 Å². The van der Waals surface area contributed by atoms with Gasteiger partial charge < -0.3 is 4.74 Å². The summed E-state index contributed by atoms with van der Waals surface area (Å²) in [6.07, 6.45) is 5.97. The maximum Gasteiger partial charge on any atom is 0.225 e. The van der Waals surface area contributed by atoms with Crippen molar-refractivity contribution < 1.29 is 4.74 Å². The lowest BCUT2D eigenvalue weighted by Crippen LogP contribution is -2.23. The second-order valence-electron chi connectivity index (χ2n) is 5.03. The smallest absolute Gasteiger partial charge is 0.225 e. The third kappa shape index (κ3) is 2.08. The van der Waals surface area contributed by atoms with E-state index in [0.29, 0.717) is 17.4 Å². The van der Waals surface area contributed by atoms with E-state index in [-0.39, 0.29) is 0 Å². The molecule has 2 aliphatic rings. The van der Waals surface area contributed by atoms with Crippen molar-refractivity contribution in [3.8, 4) is 0 Å². The first-order valence-electron chi connectivity index (χ1n) is 6.52. The molecule has 0 bridgehead atoms. The predicted octanol–water partition coefficient (Wildman–Crippen LogP) is 2.62. The zero-order valence-corrected chi connectivity index (χ0v) is 10.9. The average Bonchev–Trinajstić information content (AvgIpc) is 2.95. The third-order valence-corrected chi connectivity index (χ3v) is 3.98. The summed E-state index contributed by atoms with van der Waals surface area (Å²) in [5, 5.41) is 8.73. The Hall–Kier alpha value is -0.610. The van der Waals surface area contributed by atoms with Crippen LogP contribution in [0.2, 0.25) is 5.28 Å². The van der Waals surface area contributed by atoms with Crippen molar-refractivity contribution in [1.82, 2.24) is 14.8 Å². The summed E-state index contributed by atoms with van der Waals surface area (Å²) < 4.78 is 7.98. The van der Waals surface area contributed by atoms with E-state index in [1.807, 2.05) is 0 Å². The fourth-order valence-corrected chi connectivity index (χ4v) is 3.04. The van der Waals surface area contributed by atoms with Gasteiger partial charge in [0.1, 0.15) is 5.82 Å². The molecule has 1 aromatic heterocycles. The summed E-state index contributed by atoms with van der Waals surface area (Å²) in [6.45, 7) is 2.99. The van der Waals surface area contributed by atoms with Crippen molar-refractivity contribution in [1.29, 1.82) is 0 Å². The van der Waals surface area contributed by atoms with Crippen molar-refractivity contribution in [2.24, 2.45) is 5.92 Å². The molecule has 0 aromatic carbocycles. The van der Waals surface area contributed by atoms with Gasteiger partial charge in [-0.25, -0.2) is 0 Å². The Bertz CT molecular complexity index is 402. The molecule has 0 spiro atoms. The minimum Gasteiger partial charge on any atom is -0.376 e. The van der Waals surface area contributed by atoms with Gasteiger partial charge in [-0.3, -0.25) is 4.57 Å². The fourth-order valence-electron chi connectivity index (χ4n) is 2.78. The van der Waals surface area contributed by atoms with Gasteiger partial charge in [0.05, 0.1) is 12.1 Å². The van der Waals surface area contributed by atoms with Crippen LogP contribution >= 0.6 is 11.6 Å².